The number of hydrogen-bond acceptors (Lipinski definition) is 2. The molecular formula is C8H2Cl3IO4. The van der Waals surface area contributed by atoms with Crippen LogP contribution >= 0.6 is 57.4 Å². The first kappa shape index (κ1) is 13.8. The van der Waals surface area contributed by atoms with E-state index in [0.29, 0.717) is 0 Å². The maximum atomic E-state index is 10.9. The van der Waals surface area contributed by atoms with E-state index in [1.807, 2.05) is 0 Å². The van der Waals surface area contributed by atoms with Gasteiger partial charge in [-0.15, -0.1) is 0 Å². The average Bonchev–Trinajstić information content (AvgIpc) is 2.18. The number of hydrogen-bond donors (Lipinski definition) is 2. The number of aromatic carboxylic acids is 2. The molecule has 1 aromatic carbocycles. The zero-order chi connectivity index (χ0) is 12.6. The topological polar surface area (TPSA) is 74.6 Å². The molecule has 86 valence electrons. The highest BCUT2D eigenvalue weighted by atomic mass is 127. The fraction of sp³-hybridized carbons (Fsp3) is 0. The van der Waals surface area contributed by atoms with E-state index >= 15 is 0 Å². The van der Waals surface area contributed by atoms with Crippen molar-refractivity contribution in [3.05, 3.63) is 29.8 Å². The Labute approximate surface area is 118 Å². The van der Waals surface area contributed by atoms with Gasteiger partial charge in [-0.05, 0) is 22.6 Å². The van der Waals surface area contributed by atoms with Gasteiger partial charge >= 0.3 is 11.9 Å². The average molecular weight is 395 g/mol. The smallest absolute Gasteiger partial charge is 0.338 e. The van der Waals surface area contributed by atoms with Gasteiger partial charge in [0.05, 0.1) is 26.2 Å². The summed E-state index contributed by atoms with van der Waals surface area (Å²) in [6, 6.07) is 0. The first-order valence-corrected chi connectivity index (χ1v) is 5.82. The van der Waals surface area contributed by atoms with E-state index < -0.39 is 23.1 Å². The summed E-state index contributed by atoms with van der Waals surface area (Å²) in [6.07, 6.45) is 0. The minimum absolute atomic E-state index is 0.0403. The molecule has 0 spiro atoms. The molecule has 0 aliphatic heterocycles. The molecule has 2 N–H and O–H groups in total. The number of carboxylic acids is 2. The van der Waals surface area contributed by atoms with Gasteiger partial charge in [0.1, 0.15) is 0 Å². The molecule has 0 aliphatic carbocycles. The van der Waals surface area contributed by atoms with E-state index in [0.717, 1.165) is 0 Å². The van der Waals surface area contributed by atoms with Crippen molar-refractivity contribution in [2.24, 2.45) is 0 Å². The van der Waals surface area contributed by atoms with Crippen molar-refractivity contribution in [2.45, 2.75) is 0 Å². The number of carbonyl (C=O) groups is 2. The van der Waals surface area contributed by atoms with Gasteiger partial charge in [0.25, 0.3) is 0 Å². The number of rotatable bonds is 2. The summed E-state index contributed by atoms with van der Waals surface area (Å²) in [5.41, 5.74) is -1.03. The molecule has 0 saturated carbocycles. The molecule has 1 aromatic rings. The van der Waals surface area contributed by atoms with E-state index in [1.54, 1.807) is 22.6 Å². The minimum Gasteiger partial charge on any atom is -0.478 e. The van der Waals surface area contributed by atoms with Crippen molar-refractivity contribution in [3.8, 4) is 0 Å². The highest BCUT2D eigenvalue weighted by Crippen LogP contribution is 2.39. The molecule has 0 radical (unpaired) electrons. The molecule has 0 bridgehead atoms. The lowest BCUT2D eigenvalue weighted by molar-refractivity contribution is 0.0650. The van der Waals surface area contributed by atoms with Gasteiger partial charge in [-0.2, -0.15) is 0 Å². The second-order valence-corrected chi connectivity index (χ2v) is 4.83. The lowest BCUT2D eigenvalue weighted by atomic mass is 10.1. The Morgan fingerprint density at radius 3 is 1.69 bits per heavy atom. The van der Waals surface area contributed by atoms with E-state index in [1.165, 1.54) is 0 Å². The summed E-state index contributed by atoms with van der Waals surface area (Å²) in [7, 11) is 0. The van der Waals surface area contributed by atoms with Crippen LogP contribution in [0.25, 0.3) is 0 Å². The van der Waals surface area contributed by atoms with Crippen LogP contribution in [-0.2, 0) is 0 Å². The third kappa shape index (κ3) is 2.22. The maximum absolute atomic E-state index is 10.9. The van der Waals surface area contributed by atoms with Crippen molar-refractivity contribution >= 4 is 69.3 Å². The molecule has 16 heavy (non-hydrogen) atoms. The molecule has 8 heteroatoms. The van der Waals surface area contributed by atoms with Crippen molar-refractivity contribution in [2.75, 3.05) is 0 Å². The van der Waals surface area contributed by atoms with Crippen LogP contribution in [0.5, 0.6) is 0 Å². The lowest BCUT2D eigenvalue weighted by Gasteiger charge is -2.10. The minimum atomic E-state index is -1.47. The highest BCUT2D eigenvalue weighted by Gasteiger charge is 2.27. The van der Waals surface area contributed by atoms with Gasteiger partial charge in [0, 0.05) is 3.57 Å². The summed E-state index contributed by atoms with van der Waals surface area (Å²) < 4.78 is 0.0403. The molecule has 0 aliphatic rings. The molecule has 4 nitrogen and oxygen atoms in total. The second kappa shape index (κ2) is 4.95. The van der Waals surface area contributed by atoms with Crippen LogP contribution in [0.3, 0.4) is 0 Å². The Morgan fingerprint density at radius 2 is 1.31 bits per heavy atom. The number of carboxylic acid groups (broad SMARTS) is 2. The quantitative estimate of drug-likeness (QED) is 0.456. The van der Waals surface area contributed by atoms with Gasteiger partial charge in [-0.1, -0.05) is 34.8 Å². The molecule has 0 heterocycles. The third-order valence-electron chi connectivity index (χ3n) is 1.69. The summed E-state index contributed by atoms with van der Waals surface area (Å²) in [5.74, 6) is -2.90. The van der Waals surface area contributed by atoms with Crippen LogP contribution < -0.4 is 0 Å². The number of halogens is 4. The van der Waals surface area contributed by atoms with Crippen molar-refractivity contribution in [1.82, 2.24) is 0 Å². The van der Waals surface area contributed by atoms with Crippen LogP contribution in [0, 0.1) is 3.57 Å². The van der Waals surface area contributed by atoms with Crippen molar-refractivity contribution in [1.29, 1.82) is 0 Å². The van der Waals surface area contributed by atoms with Crippen molar-refractivity contribution in [3.63, 3.8) is 0 Å². The number of benzene rings is 1. The van der Waals surface area contributed by atoms with Gasteiger partial charge < -0.3 is 10.2 Å². The van der Waals surface area contributed by atoms with E-state index in [9.17, 15) is 9.59 Å². The Kier molecular flexibility index (Phi) is 4.28. The second-order valence-electron chi connectivity index (χ2n) is 2.62. The summed E-state index contributed by atoms with van der Waals surface area (Å²) >= 11 is 18.7. The van der Waals surface area contributed by atoms with E-state index in [2.05, 4.69) is 0 Å². The molecule has 0 fully saturated rings. The molecular weight excluding hydrogens is 393 g/mol. The Morgan fingerprint density at radius 1 is 0.875 bits per heavy atom. The monoisotopic (exact) mass is 394 g/mol. The molecule has 0 saturated heterocycles. The van der Waals surface area contributed by atoms with Crippen LogP contribution in [0.1, 0.15) is 20.7 Å². The first-order valence-electron chi connectivity index (χ1n) is 3.61. The van der Waals surface area contributed by atoms with E-state index in [4.69, 9.17) is 45.0 Å². The fourth-order valence-electron chi connectivity index (χ4n) is 1.03. The van der Waals surface area contributed by atoms with Gasteiger partial charge in [-0.3, -0.25) is 0 Å². The van der Waals surface area contributed by atoms with Crippen molar-refractivity contribution < 1.29 is 19.8 Å². The maximum Gasteiger partial charge on any atom is 0.338 e. The highest BCUT2D eigenvalue weighted by molar-refractivity contribution is 14.1. The fourth-order valence-corrected chi connectivity index (χ4v) is 2.66. The molecule has 1 rings (SSSR count). The van der Waals surface area contributed by atoms with E-state index in [-0.39, 0.29) is 18.6 Å². The predicted molar refractivity (Wildman–Crippen MR) is 68.1 cm³/mol. The Hall–Kier alpha value is -0.240. The largest absolute Gasteiger partial charge is 0.478 e. The van der Waals surface area contributed by atoms with Gasteiger partial charge in [0.15, 0.2) is 0 Å². The molecule has 0 atom stereocenters. The standard InChI is InChI=1S/C8H2Cl3IO4/c9-3-1(7(13)14)2(8(15)16)6(12)5(11)4(3)10/h(H,13,14)(H,15,16). The summed E-state index contributed by atoms with van der Waals surface area (Å²) in [6.45, 7) is 0. The molecule has 0 amide bonds. The predicted octanol–water partition coefficient (Wildman–Crippen LogP) is 3.65. The van der Waals surface area contributed by atoms with Crippen LogP contribution in [0.4, 0.5) is 0 Å². The zero-order valence-corrected chi connectivity index (χ0v) is 11.6. The van der Waals surface area contributed by atoms with Crippen LogP contribution in [-0.4, -0.2) is 22.2 Å². The SMILES string of the molecule is O=C(O)c1c(Cl)c(Cl)c(Cl)c(I)c1C(=O)O. The summed E-state index contributed by atoms with van der Waals surface area (Å²) in [4.78, 5) is 21.8. The van der Waals surface area contributed by atoms with Crippen LogP contribution in [0.2, 0.25) is 15.1 Å². The van der Waals surface area contributed by atoms with Gasteiger partial charge in [-0.25, -0.2) is 9.59 Å². The molecule has 0 aromatic heterocycles. The Balaban J connectivity index is 3.83. The van der Waals surface area contributed by atoms with Crippen LogP contribution in [0.15, 0.2) is 0 Å². The van der Waals surface area contributed by atoms with Gasteiger partial charge in [0.2, 0.25) is 0 Å². The zero-order valence-electron chi connectivity index (χ0n) is 7.22. The lowest BCUT2D eigenvalue weighted by Crippen LogP contribution is -2.12. The molecule has 0 unspecified atom stereocenters. The first-order chi connectivity index (χ1) is 7.29. The Bertz CT molecular complexity index is 456. The third-order valence-corrected chi connectivity index (χ3v) is 4.42. The normalized spacial score (nSPS) is 10.2. The summed E-state index contributed by atoms with van der Waals surface area (Å²) in [5, 5.41) is 17.2.